The lowest BCUT2D eigenvalue weighted by atomic mass is 9.76. The zero-order valence-corrected chi connectivity index (χ0v) is 15.1. The van der Waals surface area contributed by atoms with Crippen molar-refractivity contribution in [2.75, 3.05) is 26.8 Å². The Morgan fingerprint density at radius 3 is 2.59 bits per heavy atom. The van der Waals surface area contributed by atoms with Crippen LogP contribution in [-0.2, 0) is 9.53 Å². The summed E-state index contributed by atoms with van der Waals surface area (Å²) in [6.07, 6.45) is 6.60. The fourth-order valence-electron chi connectivity index (χ4n) is 3.92. The zero-order valence-electron chi connectivity index (χ0n) is 14.3. The van der Waals surface area contributed by atoms with E-state index in [1.54, 1.807) is 7.11 Å². The Labute approximate surface area is 141 Å². The van der Waals surface area contributed by atoms with Crippen molar-refractivity contribution in [1.29, 1.82) is 0 Å². The van der Waals surface area contributed by atoms with Crippen molar-refractivity contribution in [3.8, 4) is 0 Å². The number of rotatable bonds is 5. The second-order valence-electron chi connectivity index (χ2n) is 7.30. The molecule has 2 aliphatic rings. The number of carbonyl (C=O) groups is 1. The molecule has 0 aromatic heterocycles. The molecule has 22 heavy (non-hydrogen) atoms. The van der Waals surface area contributed by atoms with Crippen molar-refractivity contribution >= 4 is 18.3 Å². The summed E-state index contributed by atoms with van der Waals surface area (Å²) < 4.78 is 5.37. The molecule has 0 spiro atoms. The van der Waals surface area contributed by atoms with E-state index in [9.17, 15) is 4.79 Å². The van der Waals surface area contributed by atoms with Crippen LogP contribution in [0.15, 0.2) is 0 Å². The summed E-state index contributed by atoms with van der Waals surface area (Å²) in [6, 6.07) is 0.363. The van der Waals surface area contributed by atoms with E-state index >= 15 is 0 Å². The molecule has 5 heteroatoms. The van der Waals surface area contributed by atoms with E-state index in [0.717, 1.165) is 50.6 Å². The second-order valence-corrected chi connectivity index (χ2v) is 7.30. The molecule has 0 bridgehead atoms. The Bertz CT molecular complexity index is 338. The van der Waals surface area contributed by atoms with Gasteiger partial charge in [-0.1, -0.05) is 26.7 Å². The first-order valence-corrected chi connectivity index (χ1v) is 8.58. The van der Waals surface area contributed by atoms with Crippen LogP contribution in [0.2, 0.25) is 0 Å². The van der Waals surface area contributed by atoms with Crippen LogP contribution >= 0.6 is 12.4 Å². The predicted molar refractivity (Wildman–Crippen MR) is 92.4 cm³/mol. The zero-order chi connectivity index (χ0) is 15.3. The van der Waals surface area contributed by atoms with Gasteiger partial charge in [0.15, 0.2) is 0 Å². The molecule has 2 fully saturated rings. The molecule has 2 unspecified atom stereocenters. The van der Waals surface area contributed by atoms with Crippen LogP contribution in [0, 0.1) is 17.3 Å². The van der Waals surface area contributed by atoms with Gasteiger partial charge in [0.1, 0.15) is 0 Å². The maximum atomic E-state index is 12.8. The first-order valence-electron chi connectivity index (χ1n) is 8.58. The van der Waals surface area contributed by atoms with Crippen LogP contribution in [-0.4, -0.2) is 38.8 Å². The van der Waals surface area contributed by atoms with Gasteiger partial charge >= 0.3 is 0 Å². The second kappa shape index (κ2) is 9.09. The van der Waals surface area contributed by atoms with Crippen molar-refractivity contribution in [2.45, 2.75) is 58.4 Å². The fraction of sp³-hybridized carbons (Fsp3) is 0.941. The number of hydrogen-bond donors (Lipinski definition) is 2. The van der Waals surface area contributed by atoms with Crippen LogP contribution in [0.3, 0.4) is 0 Å². The van der Waals surface area contributed by atoms with Gasteiger partial charge in [0.25, 0.3) is 0 Å². The van der Waals surface area contributed by atoms with Gasteiger partial charge in [0, 0.05) is 13.2 Å². The molecule has 0 radical (unpaired) electrons. The molecule has 1 saturated carbocycles. The highest BCUT2D eigenvalue weighted by Crippen LogP contribution is 2.33. The number of halogens is 1. The first kappa shape index (κ1) is 19.7. The smallest absolute Gasteiger partial charge is 0.228 e. The molecule has 1 aliphatic heterocycles. The van der Waals surface area contributed by atoms with E-state index in [4.69, 9.17) is 4.74 Å². The third-order valence-electron chi connectivity index (χ3n) is 5.46. The summed E-state index contributed by atoms with van der Waals surface area (Å²) in [6.45, 7) is 6.97. The quantitative estimate of drug-likeness (QED) is 0.814. The van der Waals surface area contributed by atoms with Crippen molar-refractivity contribution in [1.82, 2.24) is 10.6 Å². The molecule has 1 heterocycles. The van der Waals surface area contributed by atoms with Crippen molar-refractivity contribution in [3.63, 3.8) is 0 Å². The summed E-state index contributed by atoms with van der Waals surface area (Å²) in [5.41, 5.74) is -0.315. The third kappa shape index (κ3) is 4.84. The van der Waals surface area contributed by atoms with Gasteiger partial charge in [-0.05, 0) is 50.6 Å². The topological polar surface area (TPSA) is 50.4 Å². The van der Waals surface area contributed by atoms with E-state index in [2.05, 4.69) is 24.5 Å². The molecule has 130 valence electrons. The van der Waals surface area contributed by atoms with Gasteiger partial charge in [0.2, 0.25) is 5.91 Å². The number of hydrogen-bond acceptors (Lipinski definition) is 3. The maximum Gasteiger partial charge on any atom is 0.228 e. The molecule has 2 rings (SSSR count). The fourth-order valence-corrected chi connectivity index (χ4v) is 3.92. The lowest BCUT2D eigenvalue weighted by molar-refractivity contribution is -0.137. The van der Waals surface area contributed by atoms with E-state index in [1.165, 1.54) is 12.8 Å². The minimum absolute atomic E-state index is 0. The summed E-state index contributed by atoms with van der Waals surface area (Å²) >= 11 is 0. The lowest BCUT2D eigenvalue weighted by Crippen LogP contribution is -2.53. The predicted octanol–water partition coefficient (Wildman–Crippen LogP) is 2.76. The summed E-state index contributed by atoms with van der Waals surface area (Å²) in [5, 5.41) is 6.70. The molecule has 0 aromatic carbocycles. The summed E-state index contributed by atoms with van der Waals surface area (Å²) in [5.74, 6) is 1.70. The highest BCUT2D eigenvalue weighted by atomic mass is 35.5. The van der Waals surface area contributed by atoms with Gasteiger partial charge in [-0.3, -0.25) is 4.79 Å². The minimum atomic E-state index is -0.315. The molecule has 2 atom stereocenters. The van der Waals surface area contributed by atoms with Crippen LogP contribution < -0.4 is 10.6 Å². The number of nitrogens with one attached hydrogen (secondary N) is 2. The maximum absolute atomic E-state index is 12.8. The highest BCUT2D eigenvalue weighted by molar-refractivity contribution is 5.85. The summed E-state index contributed by atoms with van der Waals surface area (Å²) in [7, 11) is 1.70. The molecule has 1 amide bonds. The molecular weight excluding hydrogens is 300 g/mol. The van der Waals surface area contributed by atoms with Crippen molar-refractivity contribution in [2.24, 2.45) is 17.3 Å². The monoisotopic (exact) mass is 332 g/mol. The van der Waals surface area contributed by atoms with Gasteiger partial charge in [0.05, 0.1) is 12.0 Å². The molecule has 4 nitrogen and oxygen atoms in total. The van der Waals surface area contributed by atoms with Crippen molar-refractivity contribution < 1.29 is 9.53 Å². The Morgan fingerprint density at radius 1 is 1.32 bits per heavy atom. The van der Waals surface area contributed by atoms with Crippen LogP contribution in [0.5, 0.6) is 0 Å². The average Bonchev–Trinajstić information content (AvgIpc) is 2.48. The average molecular weight is 333 g/mol. The molecule has 1 aliphatic carbocycles. The van der Waals surface area contributed by atoms with Gasteiger partial charge < -0.3 is 15.4 Å². The normalized spacial score (nSPS) is 28.0. The van der Waals surface area contributed by atoms with E-state index in [0.29, 0.717) is 12.6 Å². The first-order chi connectivity index (χ1) is 10.1. The van der Waals surface area contributed by atoms with Crippen molar-refractivity contribution in [3.05, 3.63) is 0 Å². The number of piperidine rings is 1. The van der Waals surface area contributed by atoms with E-state index in [-0.39, 0.29) is 23.7 Å². The number of ether oxygens (including phenoxy) is 1. The number of methoxy groups -OCH3 is 1. The largest absolute Gasteiger partial charge is 0.384 e. The lowest BCUT2D eigenvalue weighted by Gasteiger charge is -2.38. The Hall–Kier alpha value is -0.320. The van der Waals surface area contributed by atoms with Gasteiger partial charge in [-0.2, -0.15) is 0 Å². The Morgan fingerprint density at radius 2 is 2.00 bits per heavy atom. The summed E-state index contributed by atoms with van der Waals surface area (Å²) in [4.78, 5) is 12.8. The molecular formula is C17H33ClN2O2. The van der Waals surface area contributed by atoms with Gasteiger partial charge in [-0.15, -0.1) is 12.4 Å². The SMILES string of the molecule is COCC1(C(=O)NC2CCCC(C(C)C)C2)CCNCC1.Cl. The third-order valence-corrected chi connectivity index (χ3v) is 5.46. The molecule has 1 saturated heterocycles. The Balaban J connectivity index is 0.00000242. The Kier molecular flexibility index (Phi) is 8.15. The number of carbonyl (C=O) groups excluding carboxylic acids is 1. The van der Waals surface area contributed by atoms with Gasteiger partial charge in [-0.25, -0.2) is 0 Å². The number of amides is 1. The molecule has 0 aromatic rings. The van der Waals surface area contributed by atoms with Crippen LogP contribution in [0.1, 0.15) is 52.4 Å². The molecule has 2 N–H and O–H groups in total. The van der Waals surface area contributed by atoms with Crippen LogP contribution in [0.4, 0.5) is 0 Å². The van der Waals surface area contributed by atoms with Crippen LogP contribution in [0.25, 0.3) is 0 Å². The standard InChI is InChI=1S/C17H32N2O2.ClH/c1-13(2)14-5-4-6-15(11-14)19-16(20)17(12-21-3)7-9-18-10-8-17;/h13-15,18H,4-12H2,1-3H3,(H,19,20);1H. The van der Waals surface area contributed by atoms with E-state index < -0.39 is 0 Å². The minimum Gasteiger partial charge on any atom is -0.384 e. The van der Waals surface area contributed by atoms with E-state index in [1.807, 2.05) is 0 Å². The highest BCUT2D eigenvalue weighted by Gasteiger charge is 2.40.